The first-order chi connectivity index (χ1) is 12.9. The molecule has 0 fully saturated rings. The van der Waals surface area contributed by atoms with Gasteiger partial charge in [0.1, 0.15) is 5.75 Å². The van der Waals surface area contributed by atoms with Crippen molar-refractivity contribution in [3.05, 3.63) is 53.2 Å². The van der Waals surface area contributed by atoms with Crippen LogP contribution in [0.15, 0.2) is 47.7 Å². The quantitative estimate of drug-likeness (QED) is 0.691. The highest BCUT2D eigenvalue weighted by atomic mass is 32.1. The summed E-state index contributed by atoms with van der Waals surface area (Å²) in [5.41, 5.74) is 2.38. The Balaban J connectivity index is 2.13. The topological polar surface area (TPSA) is 62.4 Å². The highest BCUT2D eigenvalue weighted by Gasteiger charge is 2.30. The molecule has 0 saturated carbocycles. The number of hydrogen-bond acceptors (Lipinski definition) is 3. The van der Waals surface area contributed by atoms with Crippen LogP contribution in [-0.2, 0) is 4.79 Å². The van der Waals surface area contributed by atoms with Crippen molar-refractivity contribution in [2.45, 2.75) is 26.8 Å². The van der Waals surface area contributed by atoms with Gasteiger partial charge >= 0.3 is 0 Å². The second kappa shape index (κ2) is 7.96. The second-order valence-electron chi connectivity index (χ2n) is 7.05. The Morgan fingerprint density at radius 2 is 1.93 bits per heavy atom. The number of amides is 1. The Labute approximate surface area is 165 Å². The van der Waals surface area contributed by atoms with Crippen LogP contribution in [0, 0.1) is 5.92 Å². The van der Waals surface area contributed by atoms with Gasteiger partial charge in [-0.2, -0.15) is 0 Å². The summed E-state index contributed by atoms with van der Waals surface area (Å²) in [5.74, 6) is 1.16. The van der Waals surface area contributed by atoms with E-state index in [2.05, 4.69) is 35.9 Å². The van der Waals surface area contributed by atoms with Crippen LogP contribution in [0.3, 0.4) is 0 Å². The van der Waals surface area contributed by atoms with E-state index in [9.17, 15) is 4.79 Å². The number of hydrogen-bond donors (Lipinski definition) is 3. The number of allylic oxidation sites excluding steroid dienone is 1. The summed E-state index contributed by atoms with van der Waals surface area (Å²) in [6.45, 7) is 6.77. The molecule has 27 heavy (non-hydrogen) atoms. The van der Waals surface area contributed by atoms with E-state index in [0.717, 1.165) is 27.8 Å². The number of carbonyl (C=O) groups is 1. The zero-order valence-electron chi connectivity index (χ0n) is 16.1. The van der Waals surface area contributed by atoms with Crippen molar-refractivity contribution in [3.63, 3.8) is 0 Å². The van der Waals surface area contributed by atoms with Gasteiger partial charge in [0.25, 0.3) is 5.91 Å². The van der Waals surface area contributed by atoms with Crippen molar-refractivity contribution in [3.8, 4) is 5.75 Å². The predicted molar refractivity (Wildman–Crippen MR) is 113 cm³/mol. The number of ether oxygens (including phenoxy) is 1. The maximum atomic E-state index is 12.5. The SMILES string of the molecule is CNC(=O)C1=C(C)NC(=S)N[C@H]1c1ccc(OCC(C)C)c2ccccc12. The van der Waals surface area contributed by atoms with Gasteiger partial charge in [0.15, 0.2) is 5.11 Å². The van der Waals surface area contributed by atoms with Crippen LogP contribution in [0.4, 0.5) is 0 Å². The monoisotopic (exact) mass is 383 g/mol. The molecule has 0 radical (unpaired) electrons. The fourth-order valence-electron chi connectivity index (χ4n) is 3.29. The van der Waals surface area contributed by atoms with Crippen LogP contribution < -0.4 is 20.7 Å². The third-order valence-corrected chi connectivity index (χ3v) is 4.76. The van der Waals surface area contributed by atoms with Gasteiger partial charge in [-0.25, -0.2) is 0 Å². The van der Waals surface area contributed by atoms with E-state index in [1.165, 1.54) is 0 Å². The number of nitrogens with one attached hydrogen (secondary N) is 3. The lowest BCUT2D eigenvalue weighted by Gasteiger charge is -2.31. The lowest BCUT2D eigenvalue weighted by atomic mass is 9.91. The zero-order chi connectivity index (χ0) is 19.6. The molecule has 0 bridgehead atoms. The van der Waals surface area contributed by atoms with E-state index < -0.39 is 0 Å². The van der Waals surface area contributed by atoms with E-state index in [1.54, 1.807) is 7.05 Å². The smallest absolute Gasteiger partial charge is 0.251 e. The molecule has 0 unspecified atom stereocenters. The van der Waals surface area contributed by atoms with Gasteiger partial charge in [0.2, 0.25) is 0 Å². The molecule has 142 valence electrons. The maximum absolute atomic E-state index is 12.5. The fraction of sp³-hybridized carbons (Fsp3) is 0.333. The Bertz CT molecular complexity index is 921. The van der Waals surface area contributed by atoms with Crippen molar-refractivity contribution < 1.29 is 9.53 Å². The van der Waals surface area contributed by atoms with Crippen LogP contribution in [0.5, 0.6) is 5.75 Å². The van der Waals surface area contributed by atoms with Crippen LogP contribution >= 0.6 is 12.2 Å². The Kier molecular flexibility index (Phi) is 5.65. The largest absolute Gasteiger partial charge is 0.493 e. The molecule has 3 N–H and O–H groups in total. The van der Waals surface area contributed by atoms with Crippen LogP contribution in [0.1, 0.15) is 32.4 Å². The molecule has 1 atom stereocenters. The number of likely N-dealkylation sites (N-methyl/N-ethyl adjacent to an activating group) is 1. The van der Waals surface area contributed by atoms with E-state index >= 15 is 0 Å². The second-order valence-corrected chi connectivity index (χ2v) is 7.46. The number of benzene rings is 2. The van der Waals surface area contributed by atoms with E-state index in [-0.39, 0.29) is 11.9 Å². The summed E-state index contributed by atoms with van der Waals surface area (Å²) in [5, 5.41) is 11.6. The summed E-state index contributed by atoms with van der Waals surface area (Å²) < 4.78 is 6.01. The first-order valence-corrected chi connectivity index (χ1v) is 9.48. The number of rotatable bonds is 5. The van der Waals surface area contributed by atoms with Crippen molar-refractivity contribution in [1.82, 2.24) is 16.0 Å². The molecule has 1 aliphatic rings. The average molecular weight is 384 g/mol. The van der Waals surface area contributed by atoms with Gasteiger partial charge < -0.3 is 20.7 Å². The minimum absolute atomic E-state index is 0.135. The molecule has 2 aromatic carbocycles. The highest BCUT2D eigenvalue weighted by Crippen LogP contribution is 2.36. The minimum Gasteiger partial charge on any atom is -0.493 e. The van der Waals surface area contributed by atoms with Gasteiger partial charge in [0.05, 0.1) is 18.2 Å². The van der Waals surface area contributed by atoms with Crippen molar-refractivity contribution in [2.75, 3.05) is 13.7 Å². The van der Waals surface area contributed by atoms with Crippen LogP contribution in [-0.4, -0.2) is 24.7 Å². The third kappa shape index (κ3) is 3.90. The molecule has 0 aromatic heterocycles. The third-order valence-electron chi connectivity index (χ3n) is 4.54. The van der Waals surface area contributed by atoms with E-state index in [0.29, 0.717) is 23.2 Å². The van der Waals surface area contributed by atoms with Crippen molar-refractivity contribution in [1.29, 1.82) is 0 Å². The first-order valence-electron chi connectivity index (χ1n) is 9.07. The normalized spacial score (nSPS) is 16.9. The predicted octanol–water partition coefficient (Wildman–Crippen LogP) is 3.41. The molecule has 5 nitrogen and oxygen atoms in total. The molecular weight excluding hydrogens is 358 g/mol. The number of fused-ring (bicyclic) bond motifs is 1. The molecule has 3 rings (SSSR count). The summed E-state index contributed by atoms with van der Waals surface area (Å²) in [6, 6.07) is 11.7. The van der Waals surface area contributed by atoms with Crippen molar-refractivity contribution in [2.24, 2.45) is 5.92 Å². The standard InChI is InChI=1S/C21H25N3O2S/c1-12(2)11-26-17-10-9-16(14-7-5-6-8-15(14)17)19-18(20(25)22-4)13(3)23-21(27)24-19/h5-10,12,19H,11H2,1-4H3,(H,22,25)(H2,23,24,27)/t19-/m0/s1. The van der Waals surface area contributed by atoms with E-state index in [1.807, 2.05) is 37.3 Å². The molecule has 0 spiro atoms. The van der Waals surface area contributed by atoms with Gasteiger partial charge in [-0.05, 0) is 42.1 Å². The zero-order valence-corrected chi connectivity index (χ0v) is 16.9. The number of thiocarbonyl (C=S) groups is 1. The van der Waals surface area contributed by atoms with Crippen LogP contribution in [0.25, 0.3) is 10.8 Å². The molecule has 1 heterocycles. The first kappa shape index (κ1) is 19.2. The summed E-state index contributed by atoms with van der Waals surface area (Å²) in [6.07, 6.45) is 0. The van der Waals surface area contributed by atoms with Gasteiger partial charge in [-0.1, -0.05) is 44.2 Å². The molecule has 0 saturated heterocycles. The maximum Gasteiger partial charge on any atom is 0.251 e. The lowest BCUT2D eigenvalue weighted by Crippen LogP contribution is -2.46. The van der Waals surface area contributed by atoms with Gasteiger partial charge in [-0.3, -0.25) is 4.79 Å². The Morgan fingerprint density at radius 1 is 1.22 bits per heavy atom. The van der Waals surface area contributed by atoms with Gasteiger partial charge in [-0.15, -0.1) is 0 Å². The number of carbonyl (C=O) groups excluding carboxylic acids is 1. The molecule has 1 amide bonds. The Morgan fingerprint density at radius 3 is 2.59 bits per heavy atom. The fourth-order valence-corrected chi connectivity index (χ4v) is 3.56. The molecular formula is C21H25N3O2S. The average Bonchev–Trinajstić information content (AvgIpc) is 2.64. The van der Waals surface area contributed by atoms with Crippen LogP contribution in [0.2, 0.25) is 0 Å². The summed E-state index contributed by atoms with van der Waals surface area (Å²) in [7, 11) is 1.63. The molecule has 6 heteroatoms. The summed E-state index contributed by atoms with van der Waals surface area (Å²) >= 11 is 5.34. The Hall–Kier alpha value is -2.60. The van der Waals surface area contributed by atoms with Gasteiger partial charge in [0, 0.05) is 18.1 Å². The molecule has 2 aromatic rings. The lowest BCUT2D eigenvalue weighted by molar-refractivity contribution is -0.117. The highest BCUT2D eigenvalue weighted by molar-refractivity contribution is 7.80. The molecule has 0 aliphatic carbocycles. The molecule has 1 aliphatic heterocycles. The van der Waals surface area contributed by atoms with Crippen molar-refractivity contribution >= 4 is 34.0 Å². The van der Waals surface area contributed by atoms with E-state index in [4.69, 9.17) is 17.0 Å². The summed E-state index contributed by atoms with van der Waals surface area (Å²) in [4.78, 5) is 12.5. The minimum atomic E-state index is -0.331.